The van der Waals surface area contributed by atoms with Gasteiger partial charge in [-0.1, -0.05) is 25.1 Å². The largest absolute Gasteiger partial charge is 0.332 e. The Kier molecular flexibility index (Phi) is 4.03. The van der Waals surface area contributed by atoms with Gasteiger partial charge in [-0.2, -0.15) is 0 Å². The molecule has 1 aromatic rings. The molecule has 2 atom stereocenters. The summed E-state index contributed by atoms with van der Waals surface area (Å²) >= 11 is 0. The van der Waals surface area contributed by atoms with Gasteiger partial charge in [0.1, 0.15) is 5.82 Å². The molecule has 1 aliphatic rings. The summed E-state index contributed by atoms with van der Waals surface area (Å²) in [7, 11) is 0. The monoisotopic (exact) mass is 261 g/mol. The summed E-state index contributed by atoms with van der Waals surface area (Å²) in [6.07, 6.45) is 2.75. The number of carbonyl (C=O) groups is 1. The van der Waals surface area contributed by atoms with Crippen LogP contribution < -0.4 is 0 Å². The first kappa shape index (κ1) is 13.8. The fraction of sp³-hybridized carbons (Fsp3) is 0.438. The molecule has 1 heterocycles. The topological polar surface area (TPSA) is 20.3 Å². The summed E-state index contributed by atoms with van der Waals surface area (Å²) in [5, 5.41) is 0. The number of halogens is 1. The lowest BCUT2D eigenvalue weighted by atomic mass is 9.92. The lowest BCUT2D eigenvalue weighted by molar-refractivity contribution is -0.132. The predicted molar refractivity (Wildman–Crippen MR) is 74.1 cm³/mol. The molecule has 102 valence electrons. The number of nitrogens with zero attached hydrogens (tertiary/aromatic N) is 1. The first-order chi connectivity index (χ1) is 9.02. The van der Waals surface area contributed by atoms with Crippen molar-refractivity contribution in [3.05, 3.63) is 47.3 Å². The van der Waals surface area contributed by atoms with E-state index >= 15 is 0 Å². The number of rotatable bonds is 2. The molecule has 0 bridgehead atoms. The highest BCUT2D eigenvalue weighted by Crippen LogP contribution is 2.30. The van der Waals surface area contributed by atoms with Gasteiger partial charge in [0.2, 0.25) is 5.91 Å². The molecule has 0 radical (unpaired) electrons. The van der Waals surface area contributed by atoms with Crippen LogP contribution in [0.3, 0.4) is 0 Å². The summed E-state index contributed by atoms with van der Waals surface area (Å²) in [4.78, 5) is 14.3. The van der Waals surface area contributed by atoms with Crippen molar-refractivity contribution in [3.63, 3.8) is 0 Å². The maximum atomic E-state index is 13.0. The van der Waals surface area contributed by atoms with Crippen LogP contribution in [0.4, 0.5) is 4.39 Å². The number of hydrogen-bond acceptors (Lipinski definition) is 1. The number of allylic oxidation sites excluding steroid dienone is 1. The molecule has 3 heteroatoms. The number of piperidine rings is 1. The zero-order chi connectivity index (χ0) is 14.0. The van der Waals surface area contributed by atoms with Gasteiger partial charge in [-0.15, -0.1) is 0 Å². The predicted octanol–water partition coefficient (Wildman–Crippen LogP) is 3.70. The second kappa shape index (κ2) is 5.55. The third-order valence-corrected chi connectivity index (χ3v) is 3.78. The zero-order valence-electron chi connectivity index (χ0n) is 11.7. The van der Waals surface area contributed by atoms with Gasteiger partial charge in [-0.05, 0) is 43.9 Å². The number of carbonyl (C=O) groups excluding carboxylic acids is 1. The Balaban J connectivity index is 2.24. The van der Waals surface area contributed by atoms with Crippen LogP contribution in [0.5, 0.6) is 0 Å². The van der Waals surface area contributed by atoms with Crippen molar-refractivity contribution in [2.75, 3.05) is 6.54 Å². The molecule has 0 unspecified atom stereocenters. The first-order valence-corrected chi connectivity index (χ1v) is 6.74. The molecular formula is C16H20FNO. The van der Waals surface area contributed by atoms with E-state index < -0.39 is 0 Å². The number of amides is 1. The number of hydrogen-bond donors (Lipinski definition) is 0. The van der Waals surface area contributed by atoms with Gasteiger partial charge in [0.05, 0.1) is 6.04 Å². The van der Waals surface area contributed by atoms with E-state index in [2.05, 4.69) is 6.92 Å². The van der Waals surface area contributed by atoms with Crippen LogP contribution >= 0.6 is 0 Å². The molecule has 0 saturated carbocycles. The Morgan fingerprint density at radius 3 is 2.58 bits per heavy atom. The van der Waals surface area contributed by atoms with Gasteiger partial charge in [0.15, 0.2) is 0 Å². The molecule has 0 N–H and O–H groups in total. The Labute approximate surface area is 113 Å². The Bertz CT molecular complexity index is 492. The van der Waals surface area contributed by atoms with Crippen molar-refractivity contribution >= 4 is 5.91 Å². The van der Waals surface area contributed by atoms with E-state index in [-0.39, 0.29) is 17.8 Å². The average molecular weight is 261 g/mol. The van der Waals surface area contributed by atoms with Crippen LogP contribution in [0.15, 0.2) is 35.9 Å². The fourth-order valence-corrected chi connectivity index (χ4v) is 2.63. The molecule has 1 saturated heterocycles. The minimum atomic E-state index is -0.247. The molecule has 0 aromatic heterocycles. The molecular weight excluding hydrogens is 241 g/mol. The Morgan fingerprint density at radius 1 is 1.37 bits per heavy atom. The lowest BCUT2D eigenvalue weighted by Gasteiger charge is -2.37. The summed E-state index contributed by atoms with van der Waals surface area (Å²) in [6.45, 7) is 6.82. The van der Waals surface area contributed by atoms with E-state index in [0.717, 1.165) is 24.1 Å². The minimum absolute atomic E-state index is 0.0224. The lowest BCUT2D eigenvalue weighted by Crippen LogP contribution is -2.42. The highest BCUT2D eigenvalue weighted by atomic mass is 19.1. The molecule has 19 heavy (non-hydrogen) atoms. The summed E-state index contributed by atoms with van der Waals surface area (Å²) in [5.41, 5.74) is 1.85. The van der Waals surface area contributed by atoms with Crippen LogP contribution in [0, 0.1) is 11.7 Å². The molecule has 2 rings (SSSR count). The molecule has 1 aromatic carbocycles. The zero-order valence-corrected chi connectivity index (χ0v) is 11.7. The standard InChI is InChI=1S/C16H20FNO/c1-4-13-9-11(2)10-18(16(13)19)12(3)14-5-7-15(17)8-6-14/h4-8,11-12H,9-10H2,1-3H3/b13-4+/t11-,12-/m0/s1. The van der Waals surface area contributed by atoms with Gasteiger partial charge >= 0.3 is 0 Å². The van der Waals surface area contributed by atoms with E-state index in [0.29, 0.717) is 5.92 Å². The van der Waals surface area contributed by atoms with E-state index in [1.807, 2.05) is 24.8 Å². The van der Waals surface area contributed by atoms with E-state index in [1.54, 1.807) is 12.1 Å². The van der Waals surface area contributed by atoms with E-state index in [9.17, 15) is 9.18 Å². The second-order valence-electron chi connectivity index (χ2n) is 5.31. The highest BCUT2D eigenvalue weighted by molar-refractivity contribution is 5.94. The summed E-state index contributed by atoms with van der Waals surface area (Å²) in [5.74, 6) is 0.327. The van der Waals surface area contributed by atoms with Crippen LogP contribution in [0.25, 0.3) is 0 Å². The highest BCUT2D eigenvalue weighted by Gasteiger charge is 2.30. The SMILES string of the molecule is C/C=C1\C[C@H](C)CN([C@@H](C)c2ccc(F)cc2)C1=O. The summed E-state index contributed by atoms with van der Waals surface area (Å²) < 4.78 is 13.0. The maximum Gasteiger partial charge on any atom is 0.249 e. The van der Waals surface area contributed by atoms with Crippen molar-refractivity contribution in [1.82, 2.24) is 4.90 Å². The van der Waals surface area contributed by atoms with Crippen molar-refractivity contribution in [2.24, 2.45) is 5.92 Å². The van der Waals surface area contributed by atoms with Gasteiger partial charge in [-0.25, -0.2) is 4.39 Å². The van der Waals surface area contributed by atoms with Gasteiger partial charge in [0.25, 0.3) is 0 Å². The van der Waals surface area contributed by atoms with Crippen LogP contribution in [0.2, 0.25) is 0 Å². The number of likely N-dealkylation sites (tertiary alicyclic amines) is 1. The first-order valence-electron chi connectivity index (χ1n) is 6.74. The van der Waals surface area contributed by atoms with Crippen LogP contribution in [-0.2, 0) is 4.79 Å². The third kappa shape index (κ3) is 2.86. The molecule has 1 aliphatic heterocycles. The van der Waals surface area contributed by atoms with Crippen LogP contribution in [-0.4, -0.2) is 17.4 Å². The van der Waals surface area contributed by atoms with Gasteiger partial charge in [0, 0.05) is 12.1 Å². The fourth-order valence-electron chi connectivity index (χ4n) is 2.63. The third-order valence-electron chi connectivity index (χ3n) is 3.78. The second-order valence-corrected chi connectivity index (χ2v) is 5.31. The minimum Gasteiger partial charge on any atom is -0.332 e. The molecule has 1 amide bonds. The van der Waals surface area contributed by atoms with Crippen molar-refractivity contribution < 1.29 is 9.18 Å². The maximum absolute atomic E-state index is 13.0. The molecule has 0 spiro atoms. The van der Waals surface area contributed by atoms with Crippen molar-refractivity contribution in [3.8, 4) is 0 Å². The molecule has 0 aliphatic carbocycles. The van der Waals surface area contributed by atoms with Crippen LogP contribution in [0.1, 0.15) is 38.8 Å². The van der Waals surface area contributed by atoms with E-state index in [4.69, 9.17) is 0 Å². The average Bonchev–Trinajstić information content (AvgIpc) is 2.41. The van der Waals surface area contributed by atoms with E-state index in [1.165, 1.54) is 12.1 Å². The van der Waals surface area contributed by atoms with Gasteiger partial charge in [-0.3, -0.25) is 4.79 Å². The van der Waals surface area contributed by atoms with Crippen molar-refractivity contribution in [2.45, 2.75) is 33.2 Å². The normalized spacial score (nSPS) is 23.8. The van der Waals surface area contributed by atoms with Gasteiger partial charge < -0.3 is 4.90 Å². The Morgan fingerprint density at radius 2 is 2.00 bits per heavy atom. The molecule has 1 fully saturated rings. The number of benzene rings is 1. The quantitative estimate of drug-likeness (QED) is 0.743. The summed E-state index contributed by atoms with van der Waals surface area (Å²) in [6, 6.07) is 6.37. The smallest absolute Gasteiger partial charge is 0.249 e. The molecule has 2 nitrogen and oxygen atoms in total. The Hall–Kier alpha value is -1.64. The van der Waals surface area contributed by atoms with Crippen molar-refractivity contribution in [1.29, 1.82) is 0 Å².